The van der Waals surface area contributed by atoms with E-state index in [0.717, 1.165) is 32.0 Å². The molecular weight excluding hydrogens is 489 g/mol. The first-order valence-corrected chi connectivity index (χ1v) is 11.2. The number of halogens is 1. The molecule has 1 atom stereocenters. The molecule has 0 aromatic carbocycles. The molecular formula is C19H30IN5S2. The van der Waals surface area contributed by atoms with Gasteiger partial charge in [-0.3, -0.25) is 9.89 Å². The molecule has 0 saturated carbocycles. The van der Waals surface area contributed by atoms with Gasteiger partial charge in [-0.05, 0) is 51.2 Å². The van der Waals surface area contributed by atoms with E-state index < -0.39 is 0 Å². The summed E-state index contributed by atoms with van der Waals surface area (Å²) in [5.74, 6) is 0.904. The fraction of sp³-hybridized carbons (Fsp3) is 0.579. The minimum atomic E-state index is 0. The summed E-state index contributed by atoms with van der Waals surface area (Å²) in [4.78, 5) is 14.6. The first-order valence-electron chi connectivity index (χ1n) is 9.47. The third-order valence-corrected chi connectivity index (χ3v) is 6.47. The maximum absolute atomic E-state index is 4.89. The van der Waals surface area contributed by atoms with Gasteiger partial charge in [-0.2, -0.15) is 0 Å². The summed E-state index contributed by atoms with van der Waals surface area (Å²) in [7, 11) is 0. The van der Waals surface area contributed by atoms with Crippen molar-refractivity contribution in [3.05, 3.63) is 38.5 Å². The molecule has 1 aliphatic rings. The van der Waals surface area contributed by atoms with Crippen molar-refractivity contribution in [3.8, 4) is 0 Å². The van der Waals surface area contributed by atoms with Crippen LogP contribution in [0.4, 0.5) is 0 Å². The van der Waals surface area contributed by atoms with Crippen molar-refractivity contribution >= 4 is 52.6 Å². The Morgan fingerprint density at radius 2 is 2.15 bits per heavy atom. The summed E-state index contributed by atoms with van der Waals surface area (Å²) in [6.45, 7) is 9.10. The minimum Gasteiger partial charge on any atom is -0.357 e. The number of aryl methyl sites for hydroxylation is 1. The van der Waals surface area contributed by atoms with E-state index in [9.17, 15) is 0 Å². The van der Waals surface area contributed by atoms with E-state index in [0.29, 0.717) is 6.04 Å². The summed E-state index contributed by atoms with van der Waals surface area (Å²) in [6.07, 6.45) is 5.48. The van der Waals surface area contributed by atoms with Crippen molar-refractivity contribution in [2.75, 3.05) is 32.7 Å². The average molecular weight is 520 g/mol. The number of hydrogen-bond acceptors (Lipinski definition) is 5. The van der Waals surface area contributed by atoms with Crippen LogP contribution in [-0.4, -0.2) is 48.6 Å². The lowest BCUT2D eigenvalue weighted by atomic mass is 10.2. The second-order valence-electron chi connectivity index (χ2n) is 6.54. The molecule has 5 nitrogen and oxygen atoms in total. The van der Waals surface area contributed by atoms with Crippen molar-refractivity contribution in [2.45, 2.75) is 39.2 Å². The fourth-order valence-electron chi connectivity index (χ4n) is 3.24. The van der Waals surface area contributed by atoms with Crippen LogP contribution in [-0.2, 0) is 6.42 Å². The third-order valence-electron chi connectivity index (χ3n) is 4.52. The Labute approximate surface area is 187 Å². The molecule has 150 valence electrons. The largest absolute Gasteiger partial charge is 0.357 e. The predicted molar refractivity (Wildman–Crippen MR) is 128 cm³/mol. The Hall–Kier alpha value is -0.710. The Morgan fingerprint density at radius 1 is 1.33 bits per heavy atom. The monoisotopic (exact) mass is 519 g/mol. The van der Waals surface area contributed by atoms with Gasteiger partial charge in [0.2, 0.25) is 0 Å². The van der Waals surface area contributed by atoms with Crippen LogP contribution in [0.15, 0.2) is 28.7 Å². The van der Waals surface area contributed by atoms with Gasteiger partial charge in [-0.15, -0.1) is 46.7 Å². The van der Waals surface area contributed by atoms with Gasteiger partial charge in [-0.1, -0.05) is 6.07 Å². The zero-order valence-electron chi connectivity index (χ0n) is 16.1. The quantitative estimate of drug-likeness (QED) is 0.314. The van der Waals surface area contributed by atoms with Crippen LogP contribution in [0.3, 0.4) is 0 Å². The maximum atomic E-state index is 4.89. The number of aromatic nitrogens is 1. The average Bonchev–Trinajstić information content (AvgIpc) is 3.38. The van der Waals surface area contributed by atoms with E-state index >= 15 is 0 Å². The van der Waals surface area contributed by atoms with Crippen LogP contribution in [0.5, 0.6) is 0 Å². The van der Waals surface area contributed by atoms with Crippen molar-refractivity contribution in [1.29, 1.82) is 0 Å². The highest BCUT2D eigenvalue weighted by Gasteiger charge is 2.24. The van der Waals surface area contributed by atoms with Crippen LogP contribution in [0.2, 0.25) is 0 Å². The zero-order chi connectivity index (χ0) is 18.2. The normalized spacial score (nSPS) is 16.1. The molecule has 2 aromatic heterocycles. The molecule has 27 heavy (non-hydrogen) atoms. The number of likely N-dealkylation sites (tertiary alicyclic amines) is 1. The van der Waals surface area contributed by atoms with Crippen LogP contribution >= 0.6 is 46.7 Å². The molecule has 0 amide bonds. The first kappa shape index (κ1) is 22.6. The Balaban J connectivity index is 0.00000261. The van der Waals surface area contributed by atoms with Gasteiger partial charge in [0.15, 0.2) is 5.96 Å². The maximum Gasteiger partial charge on any atom is 0.191 e. The molecule has 0 radical (unpaired) electrons. The van der Waals surface area contributed by atoms with E-state index in [1.54, 1.807) is 11.3 Å². The fourth-order valence-corrected chi connectivity index (χ4v) is 4.88. The standard InChI is InChI=1S/C19H29N5S2.HI/c1-3-20-19(21-9-8-18-22-13-15(2)26-18)23-14-16(17-7-6-12-25-17)24-10-4-5-11-24;/h6-7,12-13,16H,3-5,8-11,14H2,1-2H3,(H2,20,21,23);1H. The number of thiophene rings is 1. The van der Waals surface area contributed by atoms with Gasteiger partial charge in [0.05, 0.1) is 17.6 Å². The van der Waals surface area contributed by atoms with Crippen LogP contribution in [0.25, 0.3) is 0 Å². The second-order valence-corrected chi connectivity index (χ2v) is 8.83. The predicted octanol–water partition coefficient (Wildman–Crippen LogP) is 4.07. The Kier molecular flexibility index (Phi) is 10.0. The number of guanidine groups is 1. The number of hydrogen-bond donors (Lipinski definition) is 2. The van der Waals surface area contributed by atoms with E-state index in [4.69, 9.17) is 4.99 Å². The van der Waals surface area contributed by atoms with Crippen molar-refractivity contribution in [2.24, 2.45) is 4.99 Å². The highest BCUT2D eigenvalue weighted by Crippen LogP contribution is 2.28. The summed E-state index contributed by atoms with van der Waals surface area (Å²) in [5.41, 5.74) is 0. The van der Waals surface area contributed by atoms with Crippen LogP contribution in [0.1, 0.15) is 40.6 Å². The molecule has 1 saturated heterocycles. The van der Waals surface area contributed by atoms with Gasteiger partial charge in [-0.25, -0.2) is 4.98 Å². The zero-order valence-corrected chi connectivity index (χ0v) is 20.1. The minimum absolute atomic E-state index is 0. The molecule has 1 aliphatic heterocycles. The van der Waals surface area contributed by atoms with Crippen molar-refractivity contribution in [1.82, 2.24) is 20.5 Å². The number of nitrogens with zero attached hydrogens (tertiary/aromatic N) is 3. The lowest BCUT2D eigenvalue weighted by Gasteiger charge is -2.25. The van der Waals surface area contributed by atoms with Gasteiger partial charge >= 0.3 is 0 Å². The lowest BCUT2D eigenvalue weighted by Crippen LogP contribution is -2.39. The Bertz CT molecular complexity index is 680. The molecule has 2 N–H and O–H groups in total. The molecule has 1 fully saturated rings. The van der Waals surface area contributed by atoms with Crippen molar-refractivity contribution < 1.29 is 0 Å². The number of thiazole rings is 1. The van der Waals surface area contributed by atoms with Gasteiger partial charge in [0.1, 0.15) is 0 Å². The van der Waals surface area contributed by atoms with Gasteiger partial charge < -0.3 is 10.6 Å². The summed E-state index contributed by atoms with van der Waals surface area (Å²) < 4.78 is 0. The summed E-state index contributed by atoms with van der Waals surface area (Å²) in [5, 5.41) is 10.2. The molecule has 0 spiro atoms. The summed E-state index contributed by atoms with van der Waals surface area (Å²) >= 11 is 3.61. The summed E-state index contributed by atoms with van der Waals surface area (Å²) in [6, 6.07) is 4.79. The lowest BCUT2D eigenvalue weighted by molar-refractivity contribution is 0.255. The van der Waals surface area contributed by atoms with E-state index in [2.05, 4.69) is 51.9 Å². The van der Waals surface area contributed by atoms with Crippen LogP contribution < -0.4 is 10.6 Å². The van der Waals surface area contributed by atoms with Gasteiger partial charge in [0.25, 0.3) is 0 Å². The molecule has 0 aliphatic carbocycles. The number of nitrogens with one attached hydrogen (secondary N) is 2. The van der Waals surface area contributed by atoms with Crippen LogP contribution in [0, 0.1) is 6.92 Å². The molecule has 3 rings (SSSR count). The van der Waals surface area contributed by atoms with Gasteiger partial charge in [0, 0.05) is 35.5 Å². The molecule has 3 heterocycles. The smallest absolute Gasteiger partial charge is 0.191 e. The Morgan fingerprint density at radius 3 is 2.78 bits per heavy atom. The molecule has 0 bridgehead atoms. The van der Waals surface area contributed by atoms with Crippen molar-refractivity contribution in [3.63, 3.8) is 0 Å². The highest BCUT2D eigenvalue weighted by molar-refractivity contribution is 14.0. The SMILES string of the molecule is CCNC(=NCC(c1cccs1)N1CCCC1)NCCc1ncc(C)s1.I. The highest BCUT2D eigenvalue weighted by atomic mass is 127. The van der Waals surface area contributed by atoms with E-state index in [-0.39, 0.29) is 24.0 Å². The topological polar surface area (TPSA) is 52.6 Å². The number of rotatable bonds is 8. The molecule has 8 heteroatoms. The van der Waals surface area contributed by atoms with E-state index in [1.807, 2.05) is 17.5 Å². The molecule has 1 unspecified atom stereocenters. The molecule has 2 aromatic rings. The first-order chi connectivity index (χ1) is 12.8. The number of aliphatic imine (C=N–C) groups is 1. The second kappa shape index (κ2) is 12.0. The van der Waals surface area contributed by atoms with E-state index in [1.165, 1.54) is 40.7 Å². The third kappa shape index (κ3) is 6.99.